The van der Waals surface area contributed by atoms with Crippen LogP contribution in [0.25, 0.3) is 27.7 Å². The molecule has 1 aromatic carbocycles. The van der Waals surface area contributed by atoms with Crippen molar-refractivity contribution in [2.24, 2.45) is 0 Å². The molecule has 0 spiro atoms. The average molecular weight is 335 g/mol. The molecule has 1 N–H and O–H groups in total. The first-order valence-electron chi connectivity index (χ1n) is 7.38. The topological polar surface area (TPSA) is 67.8 Å². The van der Waals surface area contributed by atoms with Crippen LogP contribution in [0.15, 0.2) is 63.8 Å². The van der Waals surface area contributed by atoms with E-state index in [1.807, 2.05) is 42.6 Å². The van der Waals surface area contributed by atoms with Crippen molar-refractivity contribution >= 4 is 22.1 Å². The van der Waals surface area contributed by atoms with Gasteiger partial charge in [0, 0.05) is 38.9 Å². The summed E-state index contributed by atoms with van der Waals surface area (Å²) in [4.78, 5) is 33.2. The van der Waals surface area contributed by atoms with Crippen LogP contribution in [0.4, 0.5) is 0 Å². The molecule has 0 bridgehead atoms. The molecule has 0 amide bonds. The Hall–Kier alpha value is -2.99. The van der Waals surface area contributed by atoms with E-state index in [4.69, 9.17) is 0 Å². The fourth-order valence-electron chi connectivity index (χ4n) is 2.74. The number of thiophene rings is 1. The lowest BCUT2D eigenvalue weighted by atomic mass is 10.1. The van der Waals surface area contributed by atoms with Gasteiger partial charge in [0.05, 0.1) is 17.6 Å². The van der Waals surface area contributed by atoms with Crippen molar-refractivity contribution < 1.29 is 0 Å². The Bertz CT molecular complexity index is 1130. The van der Waals surface area contributed by atoms with Crippen LogP contribution in [0.5, 0.6) is 0 Å². The summed E-state index contributed by atoms with van der Waals surface area (Å²) in [5, 5.41) is 3.60. The van der Waals surface area contributed by atoms with E-state index >= 15 is 0 Å². The van der Waals surface area contributed by atoms with Crippen molar-refractivity contribution in [3.05, 3.63) is 79.9 Å². The zero-order valence-electron chi connectivity index (χ0n) is 12.8. The number of benzene rings is 1. The summed E-state index contributed by atoms with van der Waals surface area (Å²) >= 11 is 1.57. The van der Waals surface area contributed by atoms with Crippen LogP contribution in [0, 0.1) is 6.92 Å². The van der Waals surface area contributed by atoms with Gasteiger partial charge in [0.1, 0.15) is 0 Å². The van der Waals surface area contributed by atoms with E-state index in [2.05, 4.69) is 9.97 Å². The smallest absolute Gasteiger partial charge is 0.306 e. The number of pyridine rings is 1. The largest absolute Gasteiger partial charge is 0.333 e. The van der Waals surface area contributed by atoms with E-state index in [0.717, 1.165) is 25.8 Å². The van der Waals surface area contributed by atoms with Gasteiger partial charge in [0.2, 0.25) is 0 Å². The van der Waals surface area contributed by atoms with Crippen LogP contribution in [0.3, 0.4) is 0 Å². The van der Waals surface area contributed by atoms with Gasteiger partial charge in [0.15, 0.2) is 0 Å². The highest BCUT2D eigenvalue weighted by molar-refractivity contribution is 7.10. The lowest BCUT2D eigenvalue weighted by Crippen LogP contribution is -2.33. The number of H-pyrrole nitrogens is 1. The first-order chi connectivity index (χ1) is 11.6. The van der Waals surface area contributed by atoms with Gasteiger partial charge in [-0.05, 0) is 13.0 Å². The lowest BCUT2D eigenvalue weighted by molar-refractivity contribution is 0.881. The van der Waals surface area contributed by atoms with Crippen molar-refractivity contribution in [1.82, 2.24) is 14.5 Å². The van der Waals surface area contributed by atoms with E-state index < -0.39 is 5.69 Å². The highest BCUT2D eigenvalue weighted by atomic mass is 32.1. The Labute approximate surface area is 140 Å². The molecule has 0 fully saturated rings. The van der Waals surface area contributed by atoms with Crippen LogP contribution in [-0.4, -0.2) is 14.5 Å². The van der Waals surface area contributed by atoms with Crippen LogP contribution in [0.1, 0.15) is 4.88 Å². The minimum absolute atomic E-state index is 0.379. The molecule has 0 saturated heterocycles. The second kappa shape index (κ2) is 5.58. The number of nitrogens with zero attached hydrogens (tertiary/aromatic N) is 2. The van der Waals surface area contributed by atoms with Crippen molar-refractivity contribution in [3.8, 4) is 16.9 Å². The first-order valence-corrected chi connectivity index (χ1v) is 8.26. The third-order valence-corrected chi connectivity index (χ3v) is 4.72. The normalized spacial score (nSPS) is 11.0. The number of hydrogen-bond donors (Lipinski definition) is 1. The minimum atomic E-state index is -0.473. The van der Waals surface area contributed by atoms with Crippen molar-refractivity contribution in [1.29, 1.82) is 0 Å². The van der Waals surface area contributed by atoms with E-state index in [0.29, 0.717) is 11.4 Å². The number of fused-ring (bicyclic) bond motifs is 1. The maximum absolute atomic E-state index is 12.6. The molecule has 118 valence electrons. The van der Waals surface area contributed by atoms with Gasteiger partial charge in [-0.2, -0.15) is 0 Å². The summed E-state index contributed by atoms with van der Waals surface area (Å²) < 4.78 is 1.12. The summed E-state index contributed by atoms with van der Waals surface area (Å²) in [7, 11) is 0. The molecule has 4 rings (SSSR count). The fraction of sp³-hybridized carbons (Fsp3) is 0.0556. The standard InChI is InChI=1S/C18H13N3O2S/c1-11-6-13(10-24-11)15-7-17(22)21(18(23)20-15)16-9-19-8-12-4-2-3-5-14(12)16/h2-10H,1H3,(H,20,23). The molecule has 3 aromatic heterocycles. The number of aryl methyl sites for hydroxylation is 1. The molecular formula is C18H13N3O2S. The Morgan fingerprint density at radius 3 is 2.71 bits per heavy atom. The van der Waals surface area contributed by atoms with E-state index in [1.165, 1.54) is 12.3 Å². The van der Waals surface area contributed by atoms with Gasteiger partial charge in [-0.25, -0.2) is 9.36 Å². The molecule has 0 aliphatic rings. The molecule has 3 heterocycles. The predicted molar refractivity (Wildman–Crippen MR) is 96.0 cm³/mol. The van der Waals surface area contributed by atoms with Crippen molar-refractivity contribution in [2.75, 3.05) is 0 Å². The second-order valence-corrected chi connectivity index (χ2v) is 6.60. The van der Waals surface area contributed by atoms with Crippen LogP contribution in [-0.2, 0) is 0 Å². The molecule has 0 saturated carbocycles. The third-order valence-electron chi connectivity index (χ3n) is 3.86. The highest BCUT2D eigenvalue weighted by Gasteiger charge is 2.11. The molecule has 0 aliphatic heterocycles. The van der Waals surface area contributed by atoms with Crippen LogP contribution >= 0.6 is 11.3 Å². The summed E-state index contributed by atoms with van der Waals surface area (Å²) in [5.41, 5.74) is 0.997. The first kappa shape index (κ1) is 14.6. The van der Waals surface area contributed by atoms with Gasteiger partial charge in [-0.3, -0.25) is 9.78 Å². The number of nitrogens with one attached hydrogen (secondary N) is 1. The van der Waals surface area contributed by atoms with E-state index in [-0.39, 0.29) is 5.56 Å². The van der Waals surface area contributed by atoms with Gasteiger partial charge < -0.3 is 4.98 Å². The molecule has 0 atom stereocenters. The molecule has 0 unspecified atom stereocenters. The highest BCUT2D eigenvalue weighted by Crippen LogP contribution is 2.22. The molecule has 5 nitrogen and oxygen atoms in total. The van der Waals surface area contributed by atoms with Gasteiger partial charge in [0.25, 0.3) is 5.56 Å². The third kappa shape index (κ3) is 2.37. The Balaban J connectivity index is 1.96. The maximum Gasteiger partial charge on any atom is 0.333 e. The number of aromatic amines is 1. The summed E-state index contributed by atoms with van der Waals surface area (Å²) in [6.07, 6.45) is 3.24. The molecule has 4 aromatic rings. The molecule has 0 radical (unpaired) electrons. The predicted octanol–water partition coefficient (Wildman–Crippen LogP) is 3.11. The van der Waals surface area contributed by atoms with Crippen molar-refractivity contribution in [3.63, 3.8) is 0 Å². The Kier molecular flexibility index (Phi) is 3.39. The summed E-state index contributed by atoms with van der Waals surface area (Å²) in [6.45, 7) is 1.98. The van der Waals surface area contributed by atoms with Gasteiger partial charge in [-0.15, -0.1) is 11.3 Å². The second-order valence-electron chi connectivity index (χ2n) is 5.49. The number of rotatable bonds is 2. The molecular weight excluding hydrogens is 322 g/mol. The van der Waals surface area contributed by atoms with Crippen LogP contribution in [0.2, 0.25) is 0 Å². The SMILES string of the molecule is Cc1cc(-c2cc(=O)n(-c3cncc4ccccc34)c(=O)[nH]2)cs1. The number of aromatic nitrogens is 3. The quantitative estimate of drug-likeness (QED) is 0.612. The van der Waals surface area contributed by atoms with Gasteiger partial charge >= 0.3 is 5.69 Å². The summed E-state index contributed by atoms with van der Waals surface area (Å²) in [5.74, 6) is 0. The zero-order valence-corrected chi connectivity index (χ0v) is 13.6. The van der Waals surface area contributed by atoms with E-state index in [9.17, 15) is 9.59 Å². The fourth-order valence-corrected chi connectivity index (χ4v) is 3.45. The van der Waals surface area contributed by atoms with Crippen molar-refractivity contribution in [2.45, 2.75) is 6.92 Å². The minimum Gasteiger partial charge on any atom is -0.306 e. The number of hydrogen-bond acceptors (Lipinski definition) is 4. The Morgan fingerprint density at radius 1 is 1.12 bits per heavy atom. The molecule has 0 aliphatic carbocycles. The zero-order chi connectivity index (χ0) is 16.7. The van der Waals surface area contributed by atoms with Gasteiger partial charge in [-0.1, -0.05) is 24.3 Å². The van der Waals surface area contributed by atoms with E-state index in [1.54, 1.807) is 17.5 Å². The monoisotopic (exact) mass is 335 g/mol. The Morgan fingerprint density at radius 2 is 1.96 bits per heavy atom. The summed E-state index contributed by atoms with van der Waals surface area (Å²) in [6, 6.07) is 10.9. The maximum atomic E-state index is 12.6. The average Bonchev–Trinajstić information content (AvgIpc) is 3.01. The lowest BCUT2D eigenvalue weighted by Gasteiger charge is -2.08. The molecule has 24 heavy (non-hydrogen) atoms. The van der Waals surface area contributed by atoms with Crippen LogP contribution < -0.4 is 11.2 Å². The molecule has 6 heteroatoms.